The first-order valence-electron chi connectivity index (χ1n) is 8.88. The summed E-state index contributed by atoms with van der Waals surface area (Å²) in [6, 6.07) is 0. The third-order valence-corrected chi connectivity index (χ3v) is 4.98. The van der Waals surface area contributed by atoms with Crippen LogP contribution in [-0.4, -0.2) is 47.8 Å². The van der Waals surface area contributed by atoms with Crippen LogP contribution in [0, 0.1) is 23.3 Å². The Hall–Kier alpha value is -2.12. The average Bonchev–Trinajstić information content (AvgIpc) is 2.68. The van der Waals surface area contributed by atoms with Gasteiger partial charge in [0, 0.05) is 26.2 Å². The summed E-state index contributed by atoms with van der Waals surface area (Å²) < 4.78 is 57.7. The second-order valence-electron chi connectivity index (χ2n) is 6.71. The zero-order chi connectivity index (χ0) is 18.8. The number of benzene rings is 1. The van der Waals surface area contributed by atoms with Crippen LogP contribution in [0.5, 0.6) is 0 Å². The van der Waals surface area contributed by atoms with Gasteiger partial charge in [-0.2, -0.15) is 0 Å². The largest absolute Gasteiger partial charge is 0.338 e. The molecule has 1 aromatic carbocycles. The number of likely N-dealkylation sites (tertiary alicyclic amines) is 2. The van der Waals surface area contributed by atoms with Crippen LogP contribution in [0.1, 0.15) is 59.2 Å². The van der Waals surface area contributed by atoms with Crippen LogP contribution < -0.4 is 0 Å². The molecular formula is C18H20F4N2O2. The molecule has 2 saturated heterocycles. The normalized spacial score (nSPS) is 18.2. The zero-order valence-corrected chi connectivity index (χ0v) is 14.3. The van der Waals surface area contributed by atoms with Gasteiger partial charge in [0.05, 0.1) is 0 Å². The first-order chi connectivity index (χ1) is 12.4. The van der Waals surface area contributed by atoms with E-state index >= 15 is 0 Å². The van der Waals surface area contributed by atoms with Crippen LogP contribution in [0.4, 0.5) is 17.6 Å². The highest BCUT2D eigenvalue weighted by atomic mass is 19.2. The molecular weight excluding hydrogens is 352 g/mol. The van der Waals surface area contributed by atoms with Gasteiger partial charge in [0.25, 0.3) is 11.8 Å². The number of hydrogen-bond acceptors (Lipinski definition) is 2. The summed E-state index contributed by atoms with van der Waals surface area (Å²) in [5, 5.41) is 0. The highest BCUT2D eigenvalue weighted by Crippen LogP contribution is 2.28. The standard InChI is InChI=1S/C18H20F4N2O2/c19-13-11(17(25)23-7-3-1-4-8-23)14(20)16(22)12(15(13)21)18(26)24-9-5-2-6-10-24/h1-10H2. The predicted molar refractivity (Wildman–Crippen MR) is 85.8 cm³/mol. The van der Waals surface area contributed by atoms with E-state index in [-0.39, 0.29) is 26.2 Å². The minimum absolute atomic E-state index is 0.273. The van der Waals surface area contributed by atoms with Crippen molar-refractivity contribution in [3.63, 3.8) is 0 Å². The monoisotopic (exact) mass is 372 g/mol. The van der Waals surface area contributed by atoms with Crippen molar-refractivity contribution in [2.75, 3.05) is 26.2 Å². The maximum Gasteiger partial charge on any atom is 0.260 e. The predicted octanol–water partition coefficient (Wildman–Crippen LogP) is 3.50. The average molecular weight is 372 g/mol. The summed E-state index contributed by atoms with van der Waals surface area (Å²) in [5.74, 6) is -9.40. The molecule has 0 atom stereocenters. The molecule has 0 unspecified atom stereocenters. The van der Waals surface area contributed by atoms with Crippen molar-refractivity contribution in [1.82, 2.24) is 9.80 Å². The summed E-state index contributed by atoms with van der Waals surface area (Å²) in [6.45, 7) is 1.09. The first-order valence-corrected chi connectivity index (χ1v) is 8.88. The molecule has 2 amide bonds. The minimum Gasteiger partial charge on any atom is -0.338 e. The fourth-order valence-electron chi connectivity index (χ4n) is 3.52. The lowest BCUT2D eigenvalue weighted by atomic mass is 10.0. The van der Waals surface area contributed by atoms with Crippen molar-refractivity contribution < 1.29 is 27.2 Å². The number of nitrogens with zero attached hydrogens (tertiary/aromatic N) is 2. The topological polar surface area (TPSA) is 40.6 Å². The molecule has 0 aliphatic carbocycles. The van der Waals surface area contributed by atoms with Crippen LogP contribution >= 0.6 is 0 Å². The maximum atomic E-state index is 14.4. The van der Waals surface area contributed by atoms with E-state index in [2.05, 4.69) is 0 Å². The molecule has 0 aromatic heterocycles. The van der Waals surface area contributed by atoms with E-state index in [1.54, 1.807) is 0 Å². The van der Waals surface area contributed by atoms with Crippen LogP contribution in [0.3, 0.4) is 0 Å². The quantitative estimate of drug-likeness (QED) is 0.589. The third-order valence-electron chi connectivity index (χ3n) is 4.98. The van der Waals surface area contributed by atoms with E-state index in [1.165, 1.54) is 9.80 Å². The van der Waals surface area contributed by atoms with Crippen molar-refractivity contribution in [1.29, 1.82) is 0 Å². The van der Waals surface area contributed by atoms with Gasteiger partial charge in [0.15, 0.2) is 23.3 Å². The Labute approximate surface area is 148 Å². The van der Waals surface area contributed by atoms with Gasteiger partial charge in [0.2, 0.25) is 0 Å². The van der Waals surface area contributed by atoms with E-state index in [4.69, 9.17) is 0 Å². The number of piperidine rings is 2. The fraction of sp³-hybridized carbons (Fsp3) is 0.556. The van der Waals surface area contributed by atoms with Gasteiger partial charge in [0.1, 0.15) is 11.1 Å². The van der Waals surface area contributed by atoms with E-state index < -0.39 is 46.2 Å². The van der Waals surface area contributed by atoms with Gasteiger partial charge in [-0.15, -0.1) is 0 Å². The first kappa shape index (κ1) is 18.7. The Bertz CT molecular complexity index is 636. The van der Waals surface area contributed by atoms with E-state index in [0.717, 1.165) is 12.8 Å². The van der Waals surface area contributed by atoms with Crippen molar-refractivity contribution in [3.05, 3.63) is 34.4 Å². The molecule has 26 heavy (non-hydrogen) atoms. The molecule has 0 radical (unpaired) electrons. The van der Waals surface area contributed by atoms with Crippen LogP contribution in [0.2, 0.25) is 0 Å². The molecule has 0 bridgehead atoms. The molecule has 0 saturated carbocycles. The Kier molecular flexibility index (Phi) is 5.48. The van der Waals surface area contributed by atoms with Crippen LogP contribution in [0.15, 0.2) is 0 Å². The summed E-state index contributed by atoms with van der Waals surface area (Å²) >= 11 is 0. The van der Waals surface area contributed by atoms with E-state index in [0.29, 0.717) is 25.7 Å². The van der Waals surface area contributed by atoms with Gasteiger partial charge < -0.3 is 9.80 Å². The van der Waals surface area contributed by atoms with Gasteiger partial charge in [-0.1, -0.05) is 0 Å². The molecule has 4 nitrogen and oxygen atoms in total. The Morgan fingerprint density at radius 3 is 1.08 bits per heavy atom. The van der Waals surface area contributed by atoms with Crippen molar-refractivity contribution in [3.8, 4) is 0 Å². The van der Waals surface area contributed by atoms with E-state index in [1.807, 2.05) is 0 Å². The highest BCUT2D eigenvalue weighted by Gasteiger charge is 2.36. The summed E-state index contributed by atoms with van der Waals surface area (Å²) in [6.07, 6.45) is 4.38. The van der Waals surface area contributed by atoms with Crippen molar-refractivity contribution in [2.45, 2.75) is 38.5 Å². The van der Waals surface area contributed by atoms with Gasteiger partial charge >= 0.3 is 0 Å². The molecule has 2 aliphatic heterocycles. The zero-order valence-electron chi connectivity index (χ0n) is 14.3. The van der Waals surface area contributed by atoms with Crippen LogP contribution in [-0.2, 0) is 0 Å². The van der Waals surface area contributed by atoms with Gasteiger partial charge in [-0.25, -0.2) is 17.6 Å². The SMILES string of the molecule is O=C(c1c(F)c(F)c(C(=O)N2CCCCC2)c(F)c1F)N1CCCCC1. The number of halogens is 4. The smallest absolute Gasteiger partial charge is 0.260 e. The lowest BCUT2D eigenvalue weighted by Crippen LogP contribution is -2.39. The van der Waals surface area contributed by atoms with Crippen molar-refractivity contribution >= 4 is 11.8 Å². The number of carbonyl (C=O) groups excluding carboxylic acids is 2. The molecule has 8 heteroatoms. The molecule has 2 heterocycles. The molecule has 0 N–H and O–H groups in total. The number of carbonyl (C=O) groups is 2. The Balaban J connectivity index is 1.99. The lowest BCUT2D eigenvalue weighted by Gasteiger charge is -2.28. The third kappa shape index (κ3) is 3.29. The van der Waals surface area contributed by atoms with Gasteiger partial charge in [-0.3, -0.25) is 9.59 Å². The number of rotatable bonds is 2. The minimum atomic E-state index is -1.81. The molecule has 1 aromatic rings. The second-order valence-corrected chi connectivity index (χ2v) is 6.71. The number of hydrogen-bond donors (Lipinski definition) is 0. The summed E-state index contributed by atoms with van der Waals surface area (Å²) in [7, 11) is 0. The Morgan fingerprint density at radius 1 is 0.538 bits per heavy atom. The number of amides is 2. The summed E-state index contributed by atoms with van der Waals surface area (Å²) in [4.78, 5) is 27.0. The van der Waals surface area contributed by atoms with Crippen molar-refractivity contribution in [2.24, 2.45) is 0 Å². The highest BCUT2D eigenvalue weighted by molar-refractivity contribution is 5.99. The van der Waals surface area contributed by atoms with Crippen LogP contribution in [0.25, 0.3) is 0 Å². The molecule has 3 rings (SSSR count). The molecule has 2 fully saturated rings. The molecule has 142 valence electrons. The summed E-state index contributed by atoms with van der Waals surface area (Å²) in [5.41, 5.74) is -2.53. The Morgan fingerprint density at radius 2 is 0.808 bits per heavy atom. The molecule has 2 aliphatic rings. The van der Waals surface area contributed by atoms with Gasteiger partial charge in [-0.05, 0) is 38.5 Å². The van der Waals surface area contributed by atoms with E-state index in [9.17, 15) is 27.2 Å². The fourth-order valence-corrected chi connectivity index (χ4v) is 3.52. The molecule has 0 spiro atoms. The maximum absolute atomic E-state index is 14.4. The second kappa shape index (κ2) is 7.63. The lowest BCUT2D eigenvalue weighted by molar-refractivity contribution is 0.0691.